The first-order chi connectivity index (χ1) is 12.8. The van der Waals surface area contributed by atoms with E-state index in [1.165, 1.54) is 21.4 Å². The zero-order valence-corrected chi connectivity index (χ0v) is 16.0. The zero-order valence-electron chi connectivity index (χ0n) is 15.2. The number of hydrogen-bond acceptors (Lipinski definition) is 5. The predicted molar refractivity (Wildman–Crippen MR) is 109 cm³/mol. The van der Waals surface area contributed by atoms with Crippen molar-refractivity contribution in [3.05, 3.63) is 52.9 Å². The largest absolute Gasteiger partial charge is 0.379 e. The summed E-state index contributed by atoms with van der Waals surface area (Å²) in [5, 5.41) is 6.95. The second-order valence-electron chi connectivity index (χ2n) is 6.75. The average Bonchev–Trinajstić information content (AvgIpc) is 3.20. The van der Waals surface area contributed by atoms with E-state index in [2.05, 4.69) is 58.9 Å². The minimum absolute atomic E-state index is 0.842. The summed E-state index contributed by atoms with van der Waals surface area (Å²) in [5.41, 5.74) is 4.72. The van der Waals surface area contributed by atoms with Crippen LogP contribution in [0.3, 0.4) is 0 Å². The highest BCUT2D eigenvalue weighted by atomic mass is 32.1. The number of hydrogen-bond donors (Lipinski definition) is 1. The summed E-state index contributed by atoms with van der Waals surface area (Å²) in [7, 11) is 0. The second-order valence-corrected chi connectivity index (χ2v) is 7.70. The normalized spacial score (nSPS) is 15.6. The van der Waals surface area contributed by atoms with Gasteiger partial charge in [-0.3, -0.25) is 4.90 Å². The van der Waals surface area contributed by atoms with Crippen LogP contribution in [0.2, 0.25) is 0 Å². The van der Waals surface area contributed by atoms with Gasteiger partial charge in [0.2, 0.25) is 0 Å². The molecule has 4 nitrogen and oxygen atoms in total. The summed E-state index contributed by atoms with van der Waals surface area (Å²) in [6, 6.07) is 13.0. The number of para-hydroxylation sites is 1. The van der Waals surface area contributed by atoms with E-state index in [0.717, 1.165) is 57.1 Å². The van der Waals surface area contributed by atoms with Crippen molar-refractivity contribution in [3.8, 4) is 10.6 Å². The number of ether oxygens (including phenoxy) is 1. The number of aromatic nitrogens is 1. The van der Waals surface area contributed by atoms with Crippen LogP contribution in [0.4, 0.5) is 0 Å². The molecule has 1 aliphatic rings. The highest BCUT2D eigenvalue weighted by Gasteiger charge is 2.12. The van der Waals surface area contributed by atoms with E-state index in [9.17, 15) is 0 Å². The van der Waals surface area contributed by atoms with Gasteiger partial charge in [-0.05, 0) is 35.6 Å². The van der Waals surface area contributed by atoms with Crippen molar-refractivity contribution >= 4 is 22.2 Å². The van der Waals surface area contributed by atoms with Crippen LogP contribution in [0.15, 0.2) is 41.8 Å². The summed E-state index contributed by atoms with van der Waals surface area (Å²) >= 11 is 1.75. The number of nitrogens with zero attached hydrogens (tertiary/aromatic N) is 2. The molecular weight excluding hydrogens is 342 g/mol. The molecule has 2 aromatic heterocycles. The molecule has 26 heavy (non-hydrogen) atoms. The van der Waals surface area contributed by atoms with Gasteiger partial charge >= 0.3 is 0 Å². The van der Waals surface area contributed by atoms with Gasteiger partial charge in [0, 0.05) is 38.1 Å². The summed E-state index contributed by atoms with van der Waals surface area (Å²) in [6.45, 7) is 8.82. The molecule has 0 atom stereocenters. The van der Waals surface area contributed by atoms with E-state index in [4.69, 9.17) is 9.72 Å². The number of thiophene rings is 1. The first kappa shape index (κ1) is 17.6. The lowest BCUT2D eigenvalue weighted by atomic mass is 10.1. The van der Waals surface area contributed by atoms with Crippen molar-refractivity contribution in [2.45, 2.75) is 13.5 Å². The molecule has 1 saturated heterocycles. The van der Waals surface area contributed by atoms with Crippen LogP contribution in [-0.4, -0.2) is 49.3 Å². The van der Waals surface area contributed by atoms with Gasteiger partial charge in [-0.2, -0.15) is 0 Å². The fraction of sp³-hybridized carbons (Fsp3) is 0.381. The Bertz CT molecular complexity index is 857. The molecule has 136 valence electrons. The van der Waals surface area contributed by atoms with Crippen LogP contribution in [0.5, 0.6) is 0 Å². The topological polar surface area (TPSA) is 37.4 Å². The van der Waals surface area contributed by atoms with E-state index in [1.54, 1.807) is 11.3 Å². The molecule has 5 heteroatoms. The Kier molecular flexibility index (Phi) is 5.60. The Morgan fingerprint density at radius 2 is 2.08 bits per heavy atom. The lowest BCUT2D eigenvalue weighted by Crippen LogP contribution is -2.40. The minimum Gasteiger partial charge on any atom is -0.379 e. The summed E-state index contributed by atoms with van der Waals surface area (Å²) in [4.78, 5) is 8.72. The van der Waals surface area contributed by atoms with E-state index < -0.39 is 0 Å². The maximum atomic E-state index is 5.41. The summed E-state index contributed by atoms with van der Waals surface area (Å²) < 4.78 is 5.41. The van der Waals surface area contributed by atoms with Gasteiger partial charge in [-0.25, -0.2) is 4.98 Å². The van der Waals surface area contributed by atoms with Gasteiger partial charge in [-0.15, -0.1) is 11.3 Å². The average molecular weight is 368 g/mol. The smallest absolute Gasteiger partial charge is 0.0854 e. The molecule has 1 aliphatic heterocycles. The molecule has 3 heterocycles. The van der Waals surface area contributed by atoms with Gasteiger partial charge in [0.1, 0.15) is 0 Å². The number of fused-ring (bicyclic) bond motifs is 1. The fourth-order valence-corrected chi connectivity index (χ4v) is 4.19. The van der Waals surface area contributed by atoms with Crippen molar-refractivity contribution in [2.24, 2.45) is 0 Å². The fourth-order valence-electron chi connectivity index (χ4n) is 3.44. The standard InChI is InChI=1S/C21H25N3OS/c1-16-4-2-5-17-14-18(15-22-7-8-24-9-11-25-12-10-24)21(23-20(16)17)19-6-3-13-26-19/h2-6,13-14,22H,7-12,15H2,1H3. The number of aryl methyl sites for hydroxylation is 1. The molecule has 0 saturated carbocycles. The van der Waals surface area contributed by atoms with E-state index in [-0.39, 0.29) is 0 Å². The lowest BCUT2D eigenvalue weighted by Gasteiger charge is -2.26. The van der Waals surface area contributed by atoms with Crippen molar-refractivity contribution in [3.63, 3.8) is 0 Å². The van der Waals surface area contributed by atoms with Gasteiger partial charge < -0.3 is 10.1 Å². The first-order valence-electron chi connectivity index (χ1n) is 9.25. The SMILES string of the molecule is Cc1cccc2cc(CNCCN3CCOCC3)c(-c3cccs3)nc12. The molecule has 1 fully saturated rings. The summed E-state index contributed by atoms with van der Waals surface area (Å²) in [6.07, 6.45) is 0. The Morgan fingerprint density at radius 1 is 1.19 bits per heavy atom. The van der Waals surface area contributed by atoms with E-state index in [1.807, 2.05) is 0 Å². The Labute approximate surface area is 158 Å². The molecule has 1 N–H and O–H groups in total. The van der Waals surface area contributed by atoms with Crippen LogP contribution in [0.1, 0.15) is 11.1 Å². The highest BCUT2D eigenvalue weighted by molar-refractivity contribution is 7.13. The number of pyridine rings is 1. The first-order valence-corrected chi connectivity index (χ1v) is 10.1. The van der Waals surface area contributed by atoms with Crippen molar-refractivity contribution in [1.82, 2.24) is 15.2 Å². The maximum Gasteiger partial charge on any atom is 0.0854 e. The molecule has 0 bridgehead atoms. The van der Waals surface area contributed by atoms with Crippen molar-refractivity contribution in [1.29, 1.82) is 0 Å². The van der Waals surface area contributed by atoms with Crippen LogP contribution in [0.25, 0.3) is 21.5 Å². The molecule has 1 aromatic carbocycles. The molecule has 0 radical (unpaired) electrons. The summed E-state index contributed by atoms with van der Waals surface area (Å²) in [5.74, 6) is 0. The monoisotopic (exact) mass is 367 g/mol. The van der Waals surface area contributed by atoms with Gasteiger partial charge in [0.15, 0.2) is 0 Å². The van der Waals surface area contributed by atoms with Crippen LogP contribution >= 0.6 is 11.3 Å². The lowest BCUT2D eigenvalue weighted by molar-refractivity contribution is 0.0384. The molecule has 0 aliphatic carbocycles. The number of benzene rings is 1. The van der Waals surface area contributed by atoms with Crippen LogP contribution in [-0.2, 0) is 11.3 Å². The van der Waals surface area contributed by atoms with Crippen molar-refractivity contribution < 1.29 is 4.74 Å². The molecule has 0 spiro atoms. The number of nitrogens with one attached hydrogen (secondary N) is 1. The quantitative estimate of drug-likeness (QED) is 0.674. The molecule has 0 amide bonds. The van der Waals surface area contributed by atoms with Gasteiger partial charge in [-0.1, -0.05) is 24.3 Å². The van der Waals surface area contributed by atoms with Crippen LogP contribution < -0.4 is 5.32 Å². The van der Waals surface area contributed by atoms with Gasteiger partial charge in [0.05, 0.1) is 29.3 Å². The maximum absolute atomic E-state index is 5.41. The molecule has 3 aromatic rings. The third kappa shape index (κ3) is 3.96. The van der Waals surface area contributed by atoms with Gasteiger partial charge in [0.25, 0.3) is 0 Å². The molecular formula is C21H25N3OS. The number of morpholine rings is 1. The third-order valence-corrected chi connectivity index (χ3v) is 5.78. The molecule has 4 rings (SSSR count). The van der Waals surface area contributed by atoms with Crippen molar-refractivity contribution in [2.75, 3.05) is 39.4 Å². The molecule has 0 unspecified atom stereocenters. The van der Waals surface area contributed by atoms with E-state index >= 15 is 0 Å². The Morgan fingerprint density at radius 3 is 2.88 bits per heavy atom. The number of rotatable bonds is 6. The Balaban J connectivity index is 1.52. The second kappa shape index (κ2) is 8.27. The minimum atomic E-state index is 0.842. The third-order valence-electron chi connectivity index (χ3n) is 4.91. The Hall–Kier alpha value is -1.79. The predicted octanol–water partition coefficient (Wildman–Crippen LogP) is 3.69. The van der Waals surface area contributed by atoms with E-state index in [0.29, 0.717) is 0 Å². The van der Waals surface area contributed by atoms with Crippen LogP contribution in [0, 0.1) is 6.92 Å². The highest BCUT2D eigenvalue weighted by Crippen LogP contribution is 2.30. The zero-order chi connectivity index (χ0) is 17.8.